The maximum Gasteiger partial charge on any atom is 0.0701 e. The van der Waals surface area contributed by atoms with Gasteiger partial charge in [-0.1, -0.05) is 29.8 Å². The zero-order chi connectivity index (χ0) is 11.4. The number of hydrogen-bond acceptors (Lipinski definition) is 2. The SMILES string of the molecule is Cc1ccc(CNCc2ccc(Br)s2)cc1. The molecule has 0 unspecified atom stereocenters. The molecule has 1 aromatic carbocycles. The topological polar surface area (TPSA) is 12.0 Å². The van der Waals surface area contributed by atoms with Gasteiger partial charge < -0.3 is 5.32 Å². The maximum atomic E-state index is 3.47. The molecule has 1 heterocycles. The predicted octanol–water partition coefficient (Wildman–Crippen LogP) is 4.11. The maximum absolute atomic E-state index is 3.47. The first-order valence-corrected chi connectivity index (χ1v) is 6.85. The van der Waals surface area contributed by atoms with Crippen LogP contribution in [0, 0.1) is 6.92 Å². The lowest BCUT2D eigenvalue weighted by molar-refractivity contribution is 0.701. The van der Waals surface area contributed by atoms with Gasteiger partial charge in [0.25, 0.3) is 0 Å². The van der Waals surface area contributed by atoms with Crippen LogP contribution in [0.3, 0.4) is 0 Å². The van der Waals surface area contributed by atoms with E-state index < -0.39 is 0 Å². The molecule has 0 saturated heterocycles. The molecule has 1 nitrogen and oxygen atoms in total. The van der Waals surface area contributed by atoms with Crippen molar-refractivity contribution in [3.8, 4) is 0 Å². The quantitative estimate of drug-likeness (QED) is 0.895. The minimum atomic E-state index is 0.926. The Bertz CT molecular complexity index is 447. The Hall–Kier alpha value is -0.640. The van der Waals surface area contributed by atoms with E-state index in [1.807, 2.05) is 0 Å². The molecule has 16 heavy (non-hydrogen) atoms. The lowest BCUT2D eigenvalue weighted by Gasteiger charge is -2.03. The van der Waals surface area contributed by atoms with Crippen molar-refractivity contribution in [2.45, 2.75) is 20.0 Å². The van der Waals surface area contributed by atoms with Gasteiger partial charge in [-0.25, -0.2) is 0 Å². The molecule has 0 fully saturated rings. The molecule has 84 valence electrons. The second-order valence-corrected chi connectivity index (χ2v) is 6.34. The predicted molar refractivity (Wildman–Crippen MR) is 73.7 cm³/mol. The van der Waals surface area contributed by atoms with Gasteiger partial charge in [0.2, 0.25) is 0 Å². The van der Waals surface area contributed by atoms with Crippen LogP contribution in [-0.2, 0) is 13.1 Å². The molecule has 2 rings (SSSR count). The Morgan fingerprint density at radius 3 is 2.44 bits per heavy atom. The molecule has 3 heteroatoms. The minimum Gasteiger partial charge on any atom is -0.308 e. The summed E-state index contributed by atoms with van der Waals surface area (Å²) >= 11 is 5.25. The summed E-state index contributed by atoms with van der Waals surface area (Å²) in [5, 5.41) is 3.44. The summed E-state index contributed by atoms with van der Waals surface area (Å²) in [5.74, 6) is 0. The van der Waals surface area contributed by atoms with Gasteiger partial charge in [0.05, 0.1) is 3.79 Å². The van der Waals surface area contributed by atoms with Crippen molar-refractivity contribution in [2.75, 3.05) is 0 Å². The van der Waals surface area contributed by atoms with Crippen LogP contribution in [0.4, 0.5) is 0 Å². The summed E-state index contributed by atoms with van der Waals surface area (Å²) in [6, 6.07) is 12.9. The third-order valence-corrected chi connectivity index (χ3v) is 4.00. The van der Waals surface area contributed by atoms with Gasteiger partial charge in [0.15, 0.2) is 0 Å². The lowest BCUT2D eigenvalue weighted by atomic mass is 10.1. The largest absolute Gasteiger partial charge is 0.308 e. The normalized spacial score (nSPS) is 10.6. The number of aryl methyl sites for hydroxylation is 1. The second kappa shape index (κ2) is 5.62. The van der Waals surface area contributed by atoms with Gasteiger partial charge in [0, 0.05) is 18.0 Å². The Morgan fingerprint density at radius 1 is 1.06 bits per heavy atom. The zero-order valence-electron chi connectivity index (χ0n) is 9.16. The summed E-state index contributed by atoms with van der Waals surface area (Å²) in [6.45, 7) is 3.97. The van der Waals surface area contributed by atoms with Crippen molar-refractivity contribution < 1.29 is 0 Å². The lowest BCUT2D eigenvalue weighted by Crippen LogP contribution is -2.11. The van der Waals surface area contributed by atoms with Crippen LogP contribution in [0.2, 0.25) is 0 Å². The van der Waals surface area contributed by atoms with Crippen molar-refractivity contribution in [1.82, 2.24) is 5.32 Å². The van der Waals surface area contributed by atoms with Gasteiger partial charge in [0.1, 0.15) is 0 Å². The monoisotopic (exact) mass is 295 g/mol. The summed E-state index contributed by atoms with van der Waals surface area (Å²) < 4.78 is 1.19. The van der Waals surface area contributed by atoms with Crippen LogP contribution < -0.4 is 5.32 Å². The molecule has 0 aliphatic rings. The third-order valence-electron chi connectivity index (χ3n) is 2.38. The van der Waals surface area contributed by atoms with E-state index in [-0.39, 0.29) is 0 Å². The van der Waals surface area contributed by atoms with E-state index in [9.17, 15) is 0 Å². The molecule has 1 N–H and O–H groups in total. The van der Waals surface area contributed by atoms with Crippen molar-refractivity contribution >= 4 is 27.3 Å². The molecule has 0 spiro atoms. The molecular formula is C13H14BrNS. The fourth-order valence-corrected chi connectivity index (χ4v) is 2.94. The average Bonchev–Trinajstić information content (AvgIpc) is 2.67. The molecule has 0 amide bonds. The minimum absolute atomic E-state index is 0.926. The van der Waals surface area contributed by atoms with Crippen LogP contribution in [0.15, 0.2) is 40.2 Å². The second-order valence-electron chi connectivity index (χ2n) is 3.79. The summed E-state index contributed by atoms with van der Waals surface area (Å²) in [6.07, 6.45) is 0. The van der Waals surface area contributed by atoms with Gasteiger partial charge >= 0.3 is 0 Å². The van der Waals surface area contributed by atoms with Gasteiger partial charge in [-0.15, -0.1) is 11.3 Å². The smallest absolute Gasteiger partial charge is 0.0701 e. The van der Waals surface area contributed by atoms with E-state index >= 15 is 0 Å². The van der Waals surface area contributed by atoms with Gasteiger partial charge in [-0.2, -0.15) is 0 Å². The van der Waals surface area contributed by atoms with Crippen molar-refractivity contribution in [3.05, 3.63) is 56.2 Å². The number of hydrogen-bond donors (Lipinski definition) is 1. The Kier molecular flexibility index (Phi) is 4.16. The van der Waals surface area contributed by atoms with E-state index in [0.29, 0.717) is 0 Å². The molecule has 1 aromatic heterocycles. The van der Waals surface area contributed by atoms with E-state index in [0.717, 1.165) is 13.1 Å². The van der Waals surface area contributed by atoms with Gasteiger partial charge in [-0.05, 0) is 40.5 Å². The fourth-order valence-electron chi connectivity index (χ4n) is 1.48. The van der Waals surface area contributed by atoms with E-state index in [1.165, 1.54) is 19.8 Å². The number of thiophene rings is 1. The van der Waals surface area contributed by atoms with Crippen LogP contribution >= 0.6 is 27.3 Å². The molecular weight excluding hydrogens is 282 g/mol. The highest BCUT2D eigenvalue weighted by Crippen LogP contribution is 2.21. The van der Waals surface area contributed by atoms with Crippen LogP contribution in [0.25, 0.3) is 0 Å². The van der Waals surface area contributed by atoms with E-state index in [1.54, 1.807) is 11.3 Å². The Morgan fingerprint density at radius 2 is 1.81 bits per heavy atom. The summed E-state index contributed by atoms with van der Waals surface area (Å²) in [4.78, 5) is 1.36. The summed E-state index contributed by atoms with van der Waals surface area (Å²) in [5.41, 5.74) is 2.65. The molecule has 0 bridgehead atoms. The first-order chi connectivity index (χ1) is 7.74. The van der Waals surface area contributed by atoms with E-state index in [2.05, 4.69) is 64.6 Å². The molecule has 0 aliphatic heterocycles. The average molecular weight is 296 g/mol. The molecule has 2 aromatic rings. The highest BCUT2D eigenvalue weighted by atomic mass is 79.9. The molecule has 0 aliphatic carbocycles. The van der Waals surface area contributed by atoms with Gasteiger partial charge in [-0.3, -0.25) is 0 Å². The standard InChI is InChI=1S/C13H14BrNS/c1-10-2-4-11(5-3-10)8-15-9-12-6-7-13(14)16-12/h2-7,15H,8-9H2,1H3. The third kappa shape index (κ3) is 3.44. The zero-order valence-corrected chi connectivity index (χ0v) is 11.6. The Labute approximate surface area is 109 Å². The number of rotatable bonds is 4. The van der Waals surface area contributed by atoms with Crippen LogP contribution in [-0.4, -0.2) is 0 Å². The highest BCUT2D eigenvalue weighted by Gasteiger charge is 1.97. The first kappa shape index (κ1) is 11.8. The van der Waals surface area contributed by atoms with Crippen LogP contribution in [0.1, 0.15) is 16.0 Å². The van der Waals surface area contributed by atoms with Crippen molar-refractivity contribution in [1.29, 1.82) is 0 Å². The summed E-state index contributed by atoms with van der Waals surface area (Å²) in [7, 11) is 0. The molecule has 0 radical (unpaired) electrons. The fraction of sp³-hybridized carbons (Fsp3) is 0.231. The number of nitrogens with one attached hydrogen (secondary N) is 1. The van der Waals surface area contributed by atoms with Crippen LogP contribution in [0.5, 0.6) is 0 Å². The number of benzene rings is 1. The Balaban J connectivity index is 1.82. The van der Waals surface area contributed by atoms with Crippen molar-refractivity contribution in [3.63, 3.8) is 0 Å². The molecule has 0 saturated carbocycles. The van der Waals surface area contributed by atoms with Crippen molar-refractivity contribution in [2.24, 2.45) is 0 Å². The first-order valence-electron chi connectivity index (χ1n) is 5.24. The molecule has 0 atom stereocenters. The highest BCUT2D eigenvalue weighted by molar-refractivity contribution is 9.11. The number of halogens is 1. The van der Waals surface area contributed by atoms with E-state index in [4.69, 9.17) is 0 Å².